The van der Waals surface area contributed by atoms with Gasteiger partial charge in [0.2, 0.25) is 10.0 Å². The van der Waals surface area contributed by atoms with Crippen molar-refractivity contribution in [2.45, 2.75) is 0 Å². The number of ether oxygens (including phenoxy) is 1. The van der Waals surface area contributed by atoms with Gasteiger partial charge in [0.15, 0.2) is 5.75 Å². The molecule has 0 aromatic heterocycles. The van der Waals surface area contributed by atoms with Crippen LogP contribution in [-0.4, -0.2) is 44.2 Å². The zero-order chi connectivity index (χ0) is 18.2. The molecule has 0 aliphatic heterocycles. The molecule has 1 radical (unpaired) electrons. The van der Waals surface area contributed by atoms with E-state index >= 15 is 0 Å². The molecule has 0 aliphatic rings. The molecule has 0 aliphatic carbocycles. The number of halogens is 6. The van der Waals surface area contributed by atoms with Gasteiger partial charge in [0.25, 0.3) is 0 Å². The normalized spacial score (nSPS) is 11.0. The molecule has 0 atom stereocenters. The molecule has 0 saturated heterocycles. The fraction of sp³-hybridized carbons (Fsp3) is 0.0769. The maximum Gasteiger partial charge on any atom is 0.246 e. The molecule has 0 N–H and O–H groups in total. The third-order valence-electron chi connectivity index (χ3n) is 2.68. The topological polar surface area (TPSA) is 46.6 Å². The predicted octanol–water partition coefficient (Wildman–Crippen LogP) is 6.28. The van der Waals surface area contributed by atoms with Gasteiger partial charge in [0.05, 0.1) is 26.3 Å². The fourth-order valence-electron chi connectivity index (χ4n) is 1.65. The van der Waals surface area contributed by atoms with Crippen molar-refractivity contribution in [3.63, 3.8) is 0 Å². The number of rotatable bonds is 4. The Hall–Kier alpha value is 0.730. The van der Waals surface area contributed by atoms with E-state index in [-0.39, 0.29) is 66.8 Å². The van der Waals surface area contributed by atoms with E-state index in [2.05, 4.69) is 0 Å². The maximum absolute atomic E-state index is 11.8. The predicted molar refractivity (Wildman–Crippen MR) is 107 cm³/mol. The van der Waals surface area contributed by atoms with Crippen LogP contribution in [0.4, 0.5) is 5.69 Å². The van der Waals surface area contributed by atoms with Crippen LogP contribution in [0.2, 0.25) is 25.1 Å². The molecule has 0 heterocycles. The second kappa shape index (κ2) is 9.28. The molecule has 0 amide bonds. The van der Waals surface area contributed by atoms with Gasteiger partial charge in [-0.1, -0.05) is 58.0 Å². The molecule has 0 saturated carbocycles. The molecule has 2 aromatic carbocycles. The van der Waals surface area contributed by atoms with E-state index in [1.807, 2.05) is 0 Å². The van der Waals surface area contributed by atoms with Crippen LogP contribution in [-0.2, 0) is 10.0 Å². The summed E-state index contributed by atoms with van der Waals surface area (Å²) in [7, 11) is -3.86. The Morgan fingerprint density at radius 3 is 2.04 bits per heavy atom. The summed E-state index contributed by atoms with van der Waals surface area (Å²) >= 11 is 35.8. The number of hydrogen-bond donors (Lipinski definition) is 0. The molecule has 0 unspecified atom stereocenters. The van der Waals surface area contributed by atoms with Gasteiger partial charge in [-0.15, -0.1) is 0 Å². The van der Waals surface area contributed by atoms with Crippen molar-refractivity contribution < 1.29 is 13.2 Å². The fourth-order valence-corrected chi connectivity index (χ4v) is 3.53. The smallest absolute Gasteiger partial charge is 0.246 e. The van der Waals surface area contributed by atoms with Crippen LogP contribution in [0.5, 0.6) is 11.5 Å². The zero-order valence-corrected chi connectivity index (χ0v) is 20.0. The van der Waals surface area contributed by atoms with Crippen LogP contribution in [0.25, 0.3) is 0 Å². The zero-order valence-electron chi connectivity index (χ0n) is 12.7. The summed E-state index contributed by atoms with van der Waals surface area (Å²) in [4.78, 5) is 0. The van der Waals surface area contributed by atoms with E-state index in [0.29, 0.717) is 8.85 Å². The van der Waals surface area contributed by atoms with Crippen molar-refractivity contribution >= 4 is 115 Å². The van der Waals surface area contributed by atoms with Gasteiger partial charge in [-0.2, -0.15) is 3.82 Å². The Kier molecular flexibility index (Phi) is 8.83. The minimum absolute atomic E-state index is 0. The van der Waals surface area contributed by atoms with Crippen molar-refractivity contribution in [1.29, 1.82) is 0 Å². The van der Waals surface area contributed by atoms with Gasteiger partial charge in [0, 0.05) is 52.4 Å². The van der Waals surface area contributed by atoms with Crippen LogP contribution in [0.15, 0.2) is 24.3 Å². The summed E-state index contributed by atoms with van der Waals surface area (Å²) in [5, 5.41) is 0.372. The van der Waals surface area contributed by atoms with Crippen LogP contribution < -0.4 is 8.56 Å². The average Bonchev–Trinajstić information content (AvgIpc) is 2.46. The van der Waals surface area contributed by atoms with E-state index < -0.39 is 10.0 Å². The average molecular weight is 493 g/mol. The van der Waals surface area contributed by atoms with Crippen LogP contribution in [0.1, 0.15) is 0 Å². The van der Waals surface area contributed by atoms with Gasteiger partial charge >= 0.3 is 0 Å². The Morgan fingerprint density at radius 1 is 0.920 bits per heavy atom. The SMILES string of the molecule is CS(=O)(=O)N(Cl)c1c(Oc2ccc(Cl)cc2Cl)cc(Cl)c(Cl)c1Cl.[Na]. The standard InChI is InChI=1S/C13H7Cl6NO3S.Na/c1-24(21,22)20(19)13-10(5-8(16)11(17)12(13)18)23-9-3-2-6(14)4-7(9)15;/h2-5H,1H3;. The number of hydrogen-bond acceptors (Lipinski definition) is 3. The summed E-state index contributed by atoms with van der Waals surface area (Å²) in [6.45, 7) is 0. The summed E-state index contributed by atoms with van der Waals surface area (Å²) in [6, 6.07) is 5.75. The molecule has 25 heavy (non-hydrogen) atoms. The maximum atomic E-state index is 11.8. The summed E-state index contributed by atoms with van der Waals surface area (Å²) in [6.07, 6.45) is 0.887. The molecule has 2 aromatic rings. The van der Waals surface area contributed by atoms with E-state index in [9.17, 15) is 8.42 Å². The van der Waals surface area contributed by atoms with Gasteiger partial charge < -0.3 is 4.74 Å². The minimum atomic E-state index is -3.86. The van der Waals surface area contributed by atoms with Crippen molar-refractivity contribution in [2.24, 2.45) is 0 Å². The number of anilines is 1. The van der Waals surface area contributed by atoms with Crippen molar-refractivity contribution in [3.8, 4) is 11.5 Å². The first-order valence-electron chi connectivity index (χ1n) is 5.99. The molecular formula is C13H7Cl6NNaO3S. The first-order valence-corrected chi connectivity index (χ1v) is 10.1. The number of benzene rings is 2. The Labute approximate surface area is 197 Å². The summed E-state index contributed by atoms with van der Waals surface area (Å²) in [5.74, 6) is 0.134. The van der Waals surface area contributed by atoms with E-state index in [4.69, 9.17) is 74.5 Å². The molecule has 12 heteroatoms. The van der Waals surface area contributed by atoms with Gasteiger partial charge in [-0.3, -0.25) is 0 Å². The van der Waals surface area contributed by atoms with Crippen LogP contribution >= 0.6 is 69.8 Å². The van der Waals surface area contributed by atoms with Gasteiger partial charge in [-0.25, -0.2) is 8.42 Å². The molecule has 4 nitrogen and oxygen atoms in total. The van der Waals surface area contributed by atoms with E-state index in [1.54, 1.807) is 0 Å². The second-order valence-corrected chi connectivity index (χ2v) is 8.86. The number of sulfonamides is 1. The molecule has 2 rings (SSSR count). The van der Waals surface area contributed by atoms with Crippen LogP contribution in [0.3, 0.4) is 0 Å². The van der Waals surface area contributed by atoms with Gasteiger partial charge in [-0.05, 0) is 18.2 Å². The second-order valence-electron chi connectivity index (χ2n) is 4.49. The monoisotopic (exact) mass is 490 g/mol. The molecular weight excluding hydrogens is 486 g/mol. The minimum Gasteiger partial charge on any atom is -0.453 e. The molecule has 0 bridgehead atoms. The van der Waals surface area contributed by atoms with E-state index in [0.717, 1.165) is 6.26 Å². The third kappa shape index (κ3) is 5.61. The first-order chi connectivity index (χ1) is 11.0. The summed E-state index contributed by atoms with van der Waals surface area (Å²) < 4.78 is 29.5. The number of nitrogens with zero attached hydrogens (tertiary/aromatic N) is 1. The van der Waals surface area contributed by atoms with Gasteiger partial charge in [0.1, 0.15) is 11.4 Å². The molecule has 0 fully saturated rings. The first kappa shape index (κ1) is 23.8. The Bertz CT molecular complexity index is 909. The largest absolute Gasteiger partial charge is 0.453 e. The van der Waals surface area contributed by atoms with E-state index in [1.165, 1.54) is 24.3 Å². The van der Waals surface area contributed by atoms with Crippen LogP contribution in [0, 0.1) is 0 Å². The quantitative estimate of drug-likeness (QED) is 0.286. The van der Waals surface area contributed by atoms with Crippen molar-refractivity contribution in [3.05, 3.63) is 49.4 Å². The van der Waals surface area contributed by atoms with Crippen molar-refractivity contribution in [2.75, 3.05) is 10.1 Å². The van der Waals surface area contributed by atoms with Crippen molar-refractivity contribution in [1.82, 2.24) is 0 Å². The Morgan fingerprint density at radius 2 is 1.52 bits per heavy atom. The molecule has 0 spiro atoms. The Balaban J connectivity index is 0.00000312. The summed E-state index contributed by atoms with van der Waals surface area (Å²) in [5.41, 5.74) is -0.193. The third-order valence-corrected chi connectivity index (χ3v) is 6.15. The molecule has 131 valence electrons.